The molecule has 2 atom stereocenters. The molecule has 1 aliphatic rings. The Labute approximate surface area is 131 Å². The molecule has 2 N–H and O–H groups in total. The lowest BCUT2D eigenvalue weighted by Crippen LogP contribution is -2.52. The largest absolute Gasteiger partial charge is 0.326 e. The lowest BCUT2D eigenvalue weighted by Gasteiger charge is -2.40. The van der Waals surface area contributed by atoms with E-state index in [1.165, 1.54) is 16.7 Å². The Bertz CT molecular complexity index is 563. The first-order valence-electron chi connectivity index (χ1n) is 7.33. The molecule has 2 rings (SSSR count). The van der Waals surface area contributed by atoms with Crippen molar-refractivity contribution in [1.82, 2.24) is 9.21 Å². The second-order valence-corrected chi connectivity index (χ2v) is 8.61. The smallest absolute Gasteiger partial charge is 0.211 e. The van der Waals surface area contributed by atoms with Crippen LogP contribution >= 0.6 is 11.3 Å². The van der Waals surface area contributed by atoms with Crippen LogP contribution < -0.4 is 5.73 Å². The summed E-state index contributed by atoms with van der Waals surface area (Å²) in [5.74, 6) is 0. The average Bonchev–Trinajstić information content (AvgIpc) is 2.85. The van der Waals surface area contributed by atoms with Crippen molar-refractivity contribution in [1.29, 1.82) is 0 Å². The molecule has 120 valence electrons. The van der Waals surface area contributed by atoms with E-state index in [4.69, 9.17) is 5.73 Å². The summed E-state index contributed by atoms with van der Waals surface area (Å²) in [5.41, 5.74) is 7.64. The summed E-state index contributed by atoms with van der Waals surface area (Å²) < 4.78 is 24.8. The summed E-state index contributed by atoms with van der Waals surface area (Å²) in [5, 5.41) is 2.10. The first kappa shape index (κ1) is 16.9. The number of sulfonamides is 1. The average molecular weight is 332 g/mol. The van der Waals surface area contributed by atoms with Crippen LogP contribution in [0, 0.1) is 6.92 Å². The Kier molecular flexibility index (Phi) is 5.43. The Morgan fingerprint density at radius 3 is 2.38 bits per heavy atom. The van der Waals surface area contributed by atoms with E-state index in [0.717, 1.165) is 19.5 Å². The van der Waals surface area contributed by atoms with Gasteiger partial charge in [-0.2, -0.15) is 4.31 Å². The fourth-order valence-corrected chi connectivity index (χ4v) is 4.82. The van der Waals surface area contributed by atoms with Gasteiger partial charge in [0.05, 0.1) is 12.3 Å². The highest BCUT2D eigenvalue weighted by Crippen LogP contribution is 2.32. The normalized spacial score (nSPS) is 21.3. The maximum Gasteiger partial charge on any atom is 0.211 e. The van der Waals surface area contributed by atoms with Gasteiger partial charge in [-0.05, 0) is 30.4 Å². The molecule has 0 aromatic carbocycles. The molecule has 0 aliphatic carbocycles. The predicted octanol–water partition coefficient (Wildman–Crippen LogP) is 1.41. The molecule has 7 heteroatoms. The summed E-state index contributed by atoms with van der Waals surface area (Å²) in [7, 11) is -3.08. The topological polar surface area (TPSA) is 66.6 Å². The van der Waals surface area contributed by atoms with Crippen molar-refractivity contribution < 1.29 is 8.42 Å². The molecule has 1 aliphatic heterocycles. The maximum atomic E-state index is 11.6. The van der Waals surface area contributed by atoms with Gasteiger partial charge >= 0.3 is 0 Å². The third-order valence-corrected chi connectivity index (χ3v) is 6.58. The Morgan fingerprint density at radius 2 is 1.95 bits per heavy atom. The van der Waals surface area contributed by atoms with Gasteiger partial charge in [-0.15, -0.1) is 11.3 Å². The number of nitrogens with two attached hydrogens (primary N) is 1. The number of nitrogens with zero attached hydrogens (tertiary/aromatic N) is 2. The third kappa shape index (κ3) is 3.84. The lowest BCUT2D eigenvalue weighted by molar-refractivity contribution is 0.121. The molecule has 1 saturated heterocycles. The number of hydrogen-bond acceptors (Lipinski definition) is 5. The van der Waals surface area contributed by atoms with Crippen LogP contribution in [-0.4, -0.2) is 56.1 Å². The van der Waals surface area contributed by atoms with Crippen LogP contribution in [-0.2, 0) is 10.0 Å². The van der Waals surface area contributed by atoms with Gasteiger partial charge in [0.15, 0.2) is 0 Å². The molecular weight excluding hydrogens is 306 g/mol. The molecule has 0 spiro atoms. The van der Waals surface area contributed by atoms with E-state index in [1.54, 1.807) is 15.6 Å². The van der Waals surface area contributed by atoms with E-state index in [9.17, 15) is 8.42 Å². The van der Waals surface area contributed by atoms with Crippen LogP contribution in [0.5, 0.6) is 0 Å². The summed E-state index contributed by atoms with van der Waals surface area (Å²) in [6.07, 6.45) is 2.19. The molecule has 0 saturated carbocycles. The van der Waals surface area contributed by atoms with Crippen molar-refractivity contribution in [3.05, 3.63) is 21.9 Å². The zero-order chi connectivity index (χ0) is 15.6. The lowest BCUT2D eigenvalue weighted by atomic mass is 10.00. The number of thiophene rings is 1. The zero-order valence-electron chi connectivity index (χ0n) is 12.9. The quantitative estimate of drug-likeness (QED) is 0.886. The minimum Gasteiger partial charge on any atom is -0.326 e. The van der Waals surface area contributed by atoms with Gasteiger partial charge in [0, 0.05) is 37.1 Å². The van der Waals surface area contributed by atoms with E-state index in [2.05, 4.69) is 30.2 Å². The highest BCUT2D eigenvalue weighted by atomic mass is 32.2. The third-order valence-electron chi connectivity index (χ3n) is 4.18. The Balaban J connectivity index is 2.15. The van der Waals surface area contributed by atoms with E-state index in [0.29, 0.717) is 13.1 Å². The molecule has 1 aromatic heterocycles. The molecule has 2 unspecified atom stereocenters. The summed E-state index contributed by atoms with van der Waals surface area (Å²) in [4.78, 5) is 3.66. The number of piperazine rings is 1. The predicted molar refractivity (Wildman–Crippen MR) is 88.1 cm³/mol. The first-order chi connectivity index (χ1) is 9.84. The minimum absolute atomic E-state index is 0.0760. The highest BCUT2D eigenvalue weighted by Gasteiger charge is 2.32. The van der Waals surface area contributed by atoms with Crippen molar-refractivity contribution >= 4 is 21.4 Å². The molecule has 2 heterocycles. The van der Waals surface area contributed by atoms with Crippen LogP contribution in [0.1, 0.15) is 29.8 Å². The standard InChI is InChI=1S/C14H25N3O2S2/c1-4-12(15)13(14-11(2)5-10-20-14)16-6-8-17(9-7-16)21(3,18)19/h5,10,12-13H,4,6-9,15H2,1-3H3. The Morgan fingerprint density at radius 1 is 1.33 bits per heavy atom. The molecule has 5 nitrogen and oxygen atoms in total. The second-order valence-electron chi connectivity index (χ2n) is 5.68. The summed E-state index contributed by atoms with van der Waals surface area (Å²) in [6.45, 7) is 6.80. The fourth-order valence-electron chi connectivity index (χ4n) is 2.86. The van der Waals surface area contributed by atoms with E-state index in [1.807, 2.05) is 0 Å². The van der Waals surface area contributed by atoms with Crippen molar-refractivity contribution in [2.75, 3.05) is 32.4 Å². The van der Waals surface area contributed by atoms with Gasteiger partial charge in [0.2, 0.25) is 10.0 Å². The number of hydrogen-bond donors (Lipinski definition) is 1. The monoisotopic (exact) mass is 331 g/mol. The molecule has 21 heavy (non-hydrogen) atoms. The van der Waals surface area contributed by atoms with Crippen LogP contribution in [0.4, 0.5) is 0 Å². The Hall–Kier alpha value is -0.470. The van der Waals surface area contributed by atoms with E-state index >= 15 is 0 Å². The molecule has 1 fully saturated rings. The molecular formula is C14H25N3O2S2. The molecule has 0 radical (unpaired) electrons. The summed E-state index contributed by atoms with van der Waals surface area (Å²) >= 11 is 1.75. The van der Waals surface area contributed by atoms with Gasteiger partial charge < -0.3 is 5.73 Å². The van der Waals surface area contributed by atoms with Crippen LogP contribution in [0.25, 0.3) is 0 Å². The van der Waals surface area contributed by atoms with Crippen molar-refractivity contribution in [2.45, 2.75) is 32.4 Å². The SMILES string of the molecule is CCC(N)C(c1sccc1C)N1CCN(S(C)(=O)=O)CC1. The van der Waals surface area contributed by atoms with Gasteiger partial charge in [-0.25, -0.2) is 8.42 Å². The van der Waals surface area contributed by atoms with Crippen LogP contribution in [0.2, 0.25) is 0 Å². The van der Waals surface area contributed by atoms with E-state index in [-0.39, 0.29) is 12.1 Å². The van der Waals surface area contributed by atoms with E-state index < -0.39 is 10.0 Å². The molecule has 1 aromatic rings. The highest BCUT2D eigenvalue weighted by molar-refractivity contribution is 7.88. The minimum atomic E-state index is -3.08. The second kappa shape index (κ2) is 6.75. The fraction of sp³-hybridized carbons (Fsp3) is 0.714. The maximum absolute atomic E-state index is 11.6. The van der Waals surface area contributed by atoms with Gasteiger partial charge in [-0.3, -0.25) is 4.90 Å². The van der Waals surface area contributed by atoms with Gasteiger partial charge in [0.25, 0.3) is 0 Å². The van der Waals surface area contributed by atoms with Crippen molar-refractivity contribution in [2.24, 2.45) is 5.73 Å². The van der Waals surface area contributed by atoms with Crippen LogP contribution in [0.15, 0.2) is 11.4 Å². The van der Waals surface area contributed by atoms with Crippen LogP contribution in [0.3, 0.4) is 0 Å². The summed E-state index contributed by atoms with van der Waals surface area (Å²) in [6, 6.07) is 2.39. The van der Waals surface area contributed by atoms with Gasteiger partial charge in [0.1, 0.15) is 0 Å². The first-order valence-corrected chi connectivity index (χ1v) is 10.1. The number of aryl methyl sites for hydroxylation is 1. The van der Waals surface area contributed by atoms with Crippen molar-refractivity contribution in [3.8, 4) is 0 Å². The van der Waals surface area contributed by atoms with Crippen molar-refractivity contribution in [3.63, 3.8) is 0 Å². The molecule has 0 bridgehead atoms. The molecule has 0 amide bonds. The number of rotatable bonds is 5. The van der Waals surface area contributed by atoms with Gasteiger partial charge in [-0.1, -0.05) is 6.92 Å². The zero-order valence-corrected chi connectivity index (χ0v) is 14.6.